The molecule has 0 heterocycles. The molecule has 0 aromatic heterocycles. The minimum absolute atomic E-state index is 0.0418. The quantitative estimate of drug-likeness (QED) is 0.841. The van der Waals surface area contributed by atoms with E-state index in [4.69, 9.17) is 5.73 Å². The molecule has 0 aliphatic heterocycles. The molecule has 0 bridgehead atoms. The highest BCUT2D eigenvalue weighted by atomic mass is 32.1. The molecule has 4 nitrogen and oxygen atoms in total. The number of rotatable bonds is 3. The number of nitrogens with two attached hydrogens (primary N) is 1. The van der Waals surface area contributed by atoms with Crippen molar-refractivity contribution in [1.29, 1.82) is 0 Å². The molecule has 0 aliphatic carbocycles. The van der Waals surface area contributed by atoms with Crippen LogP contribution in [0.4, 0.5) is 23.7 Å². The Labute approximate surface area is 113 Å². The number of carbonyl (C=O) groups excluding carboxylic acids is 1. The average molecular weight is 291 g/mol. The summed E-state index contributed by atoms with van der Waals surface area (Å²) in [5.74, 6) is 0. The highest BCUT2D eigenvalue weighted by Crippen LogP contribution is 2.30. The van der Waals surface area contributed by atoms with Gasteiger partial charge in [0.25, 0.3) is 0 Å². The SMILES string of the molecule is CN(CC(N)=S)C(=O)Nc1cccc(C(F)(F)F)c1. The Balaban J connectivity index is 2.77. The molecule has 19 heavy (non-hydrogen) atoms. The number of urea groups is 1. The lowest BCUT2D eigenvalue weighted by Gasteiger charge is -2.17. The summed E-state index contributed by atoms with van der Waals surface area (Å²) in [6.45, 7) is 0.0418. The van der Waals surface area contributed by atoms with Crippen molar-refractivity contribution in [1.82, 2.24) is 4.90 Å². The van der Waals surface area contributed by atoms with E-state index in [9.17, 15) is 18.0 Å². The zero-order valence-electron chi connectivity index (χ0n) is 9.99. The Morgan fingerprint density at radius 2 is 2.11 bits per heavy atom. The largest absolute Gasteiger partial charge is 0.416 e. The number of nitrogens with one attached hydrogen (secondary N) is 1. The third kappa shape index (κ3) is 4.74. The third-order valence-corrected chi connectivity index (χ3v) is 2.31. The molecule has 104 valence electrons. The summed E-state index contributed by atoms with van der Waals surface area (Å²) in [6, 6.07) is 3.77. The molecule has 0 unspecified atom stereocenters. The van der Waals surface area contributed by atoms with Gasteiger partial charge < -0.3 is 16.0 Å². The van der Waals surface area contributed by atoms with Crippen LogP contribution in [-0.4, -0.2) is 29.5 Å². The summed E-state index contributed by atoms with van der Waals surface area (Å²) < 4.78 is 37.4. The van der Waals surface area contributed by atoms with E-state index in [1.807, 2.05) is 0 Å². The van der Waals surface area contributed by atoms with Crippen LogP contribution >= 0.6 is 12.2 Å². The standard InChI is InChI=1S/C11H12F3N3OS/c1-17(6-9(15)19)10(18)16-8-4-2-3-7(5-8)11(12,13)14/h2-5H,6H2,1H3,(H2,15,19)(H,16,18). The first kappa shape index (κ1) is 15.2. The molecule has 1 aromatic carbocycles. The van der Waals surface area contributed by atoms with E-state index < -0.39 is 17.8 Å². The summed E-state index contributed by atoms with van der Waals surface area (Å²) >= 11 is 4.63. The molecule has 0 saturated heterocycles. The van der Waals surface area contributed by atoms with Crippen LogP contribution < -0.4 is 11.1 Å². The Morgan fingerprint density at radius 1 is 1.47 bits per heavy atom. The Morgan fingerprint density at radius 3 is 2.63 bits per heavy atom. The van der Waals surface area contributed by atoms with Gasteiger partial charge in [-0.15, -0.1) is 0 Å². The number of hydrogen-bond acceptors (Lipinski definition) is 2. The molecule has 1 rings (SSSR count). The number of carbonyl (C=O) groups is 1. The van der Waals surface area contributed by atoms with E-state index in [1.165, 1.54) is 24.1 Å². The highest BCUT2D eigenvalue weighted by molar-refractivity contribution is 7.80. The summed E-state index contributed by atoms with van der Waals surface area (Å²) in [5, 5.41) is 2.33. The summed E-state index contributed by atoms with van der Waals surface area (Å²) in [6.07, 6.45) is -4.45. The Kier molecular flexibility index (Phi) is 4.71. The predicted molar refractivity (Wildman–Crippen MR) is 69.9 cm³/mol. The van der Waals surface area contributed by atoms with Crippen LogP contribution in [0.1, 0.15) is 5.56 Å². The van der Waals surface area contributed by atoms with Gasteiger partial charge in [0.1, 0.15) is 0 Å². The van der Waals surface area contributed by atoms with Crippen LogP contribution in [0, 0.1) is 0 Å². The number of halogens is 3. The molecule has 0 fully saturated rings. The topological polar surface area (TPSA) is 58.4 Å². The van der Waals surface area contributed by atoms with Crippen molar-refractivity contribution >= 4 is 28.9 Å². The van der Waals surface area contributed by atoms with Crippen LogP contribution in [-0.2, 0) is 6.18 Å². The van der Waals surface area contributed by atoms with E-state index >= 15 is 0 Å². The predicted octanol–water partition coefficient (Wildman–Crippen LogP) is 2.46. The third-order valence-electron chi connectivity index (χ3n) is 2.18. The van der Waals surface area contributed by atoms with Crippen LogP contribution in [0.3, 0.4) is 0 Å². The number of anilines is 1. The Hall–Kier alpha value is -1.83. The summed E-state index contributed by atoms with van der Waals surface area (Å²) in [5.41, 5.74) is 4.49. The van der Waals surface area contributed by atoms with Crippen molar-refractivity contribution in [3.63, 3.8) is 0 Å². The minimum Gasteiger partial charge on any atom is -0.392 e. The van der Waals surface area contributed by atoms with Crippen LogP contribution in [0.2, 0.25) is 0 Å². The van der Waals surface area contributed by atoms with Gasteiger partial charge in [-0.1, -0.05) is 18.3 Å². The van der Waals surface area contributed by atoms with Gasteiger partial charge in [-0.25, -0.2) is 4.79 Å². The molecule has 3 N–H and O–H groups in total. The van der Waals surface area contributed by atoms with Crippen molar-refractivity contribution in [2.75, 3.05) is 18.9 Å². The number of nitrogens with zero attached hydrogens (tertiary/aromatic N) is 1. The van der Waals surface area contributed by atoms with Crippen molar-refractivity contribution in [2.24, 2.45) is 5.73 Å². The number of likely N-dealkylation sites (N-methyl/N-ethyl adjacent to an activating group) is 1. The second-order valence-corrected chi connectivity index (χ2v) is 4.36. The highest BCUT2D eigenvalue weighted by Gasteiger charge is 2.30. The van der Waals surface area contributed by atoms with Gasteiger partial charge in [-0.05, 0) is 18.2 Å². The molecule has 2 amide bonds. The van der Waals surface area contributed by atoms with Gasteiger partial charge in [-0.3, -0.25) is 0 Å². The zero-order valence-corrected chi connectivity index (χ0v) is 10.8. The van der Waals surface area contributed by atoms with Crippen molar-refractivity contribution in [3.05, 3.63) is 29.8 Å². The molecule has 0 spiro atoms. The van der Waals surface area contributed by atoms with Gasteiger partial charge in [0, 0.05) is 12.7 Å². The van der Waals surface area contributed by atoms with Crippen LogP contribution in [0.5, 0.6) is 0 Å². The van der Waals surface area contributed by atoms with E-state index in [-0.39, 0.29) is 17.2 Å². The minimum atomic E-state index is -4.45. The number of amides is 2. The molecule has 0 radical (unpaired) electrons. The monoisotopic (exact) mass is 291 g/mol. The normalized spacial score (nSPS) is 10.9. The lowest BCUT2D eigenvalue weighted by molar-refractivity contribution is -0.137. The average Bonchev–Trinajstić information content (AvgIpc) is 2.27. The fourth-order valence-electron chi connectivity index (χ4n) is 1.30. The van der Waals surface area contributed by atoms with Gasteiger partial charge >= 0.3 is 12.2 Å². The molecular formula is C11H12F3N3OS. The zero-order chi connectivity index (χ0) is 14.6. The molecular weight excluding hydrogens is 279 g/mol. The van der Waals surface area contributed by atoms with E-state index in [1.54, 1.807) is 0 Å². The first-order valence-electron chi connectivity index (χ1n) is 5.18. The smallest absolute Gasteiger partial charge is 0.392 e. The van der Waals surface area contributed by atoms with E-state index in [0.717, 1.165) is 12.1 Å². The lowest BCUT2D eigenvalue weighted by Crippen LogP contribution is -2.37. The molecule has 0 aliphatic rings. The van der Waals surface area contributed by atoms with Gasteiger partial charge in [0.2, 0.25) is 0 Å². The second kappa shape index (κ2) is 5.87. The van der Waals surface area contributed by atoms with Crippen molar-refractivity contribution in [2.45, 2.75) is 6.18 Å². The van der Waals surface area contributed by atoms with E-state index in [0.29, 0.717) is 0 Å². The summed E-state index contributed by atoms with van der Waals surface area (Å²) in [4.78, 5) is 12.9. The Bertz CT molecular complexity index is 490. The lowest BCUT2D eigenvalue weighted by atomic mass is 10.2. The second-order valence-electron chi connectivity index (χ2n) is 3.83. The van der Waals surface area contributed by atoms with Gasteiger partial charge in [0.05, 0.1) is 17.1 Å². The van der Waals surface area contributed by atoms with Crippen LogP contribution in [0.25, 0.3) is 0 Å². The molecule has 1 aromatic rings. The molecule has 0 saturated carbocycles. The van der Waals surface area contributed by atoms with E-state index in [2.05, 4.69) is 17.5 Å². The maximum atomic E-state index is 12.5. The van der Waals surface area contributed by atoms with Gasteiger partial charge in [0.15, 0.2) is 0 Å². The maximum absolute atomic E-state index is 12.5. The first-order chi connectivity index (χ1) is 8.70. The number of benzene rings is 1. The van der Waals surface area contributed by atoms with Crippen molar-refractivity contribution < 1.29 is 18.0 Å². The fourth-order valence-corrected chi connectivity index (χ4v) is 1.49. The number of thiocarbonyl (C=S) groups is 1. The van der Waals surface area contributed by atoms with Crippen LogP contribution in [0.15, 0.2) is 24.3 Å². The van der Waals surface area contributed by atoms with Gasteiger partial charge in [-0.2, -0.15) is 13.2 Å². The first-order valence-corrected chi connectivity index (χ1v) is 5.58. The molecule has 8 heteroatoms. The number of alkyl halides is 3. The maximum Gasteiger partial charge on any atom is 0.416 e. The fraction of sp³-hybridized carbons (Fsp3) is 0.273. The summed E-state index contributed by atoms with van der Waals surface area (Å²) in [7, 11) is 1.43. The molecule has 0 atom stereocenters. The number of hydrogen-bond donors (Lipinski definition) is 2. The van der Waals surface area contributed by atoms with Crippen molar-refractivity contribution in [3.8, 4) is 0 Å².